The van der Waals surface area contributed by atoms with Gasteiger partial charge >= 0.3 is 0 Å². The van der Waals surface area contributed by atoms with Crippen molar-refractivity contribution < 1.29 is 9.72 Å². The van der Waals surface area contributed by atoms with Gasteiger partial charge < -0.3 is 4.90 Å². The van der Waals surface area contributed by atoms with E-state index >= 15 is 0 Å². The highest BCUT2D eigenvalue weighted by atomic mass is 79.9. The lowest BCUT2D eigenvalue weighted by atomic mass is 9.91. The summed E-state index contributed by atoms with van der Waals surface area (Å²) in [4.78, 5) is 24.2. The average Bonchev–Trinajstić information content (AvgIpc) is 2.26. The summed E-state index contributed by atoms with van der Waals surface area (Å²) in [6, 6.07) is 4.51. The number of amides is 1. The molecule has 0 bridgehead atoms. The number of hydrogen-bond acceptors (Lipinski definition) is 3. The topological polar surface area (TPSA) is 63.5 Å². The molecule has 0 unspecified atom stereocenters. The Bertz CT molecular complexity index is 500. The molecule has 0 N–H and O–H groups in total. The van der Waals surface area contributed by atoms with Crippen molar-refractivity contribution in [3.63, 3.8) is 0 Å². The summed E-state index contributed by atoms with van der Waals surface area (Å²) in [5.41, 5.74) is 0.280. The van der Waals surface area contributed by atoms with Gasteiger partial charge in [-0.15, -0.1) is 0 Å². The minimum atomic E-state index is -0.493. The highest BCUT2D eigenvalue weighted by molar-refractivity contribution is 9.10. The van der Waals surface area contributed by atoms with Crippen LogP contribution in [0.25, 0.3) is 0 Å². The molecule has 6 heteroatoms. The molecular formula is C12H13BrN2O3. The fourth-order valence-corrected chi connectivity index (χ4v) is 2.34. The van der Waals surface area contributed by atoms with E-state index in [1.807, 2.05) is 0 Å². The van der Waals surface area contributed by atoms with Crippen LogP contribution in [-0.4, -0.2) is 28.8 Å². The number of halogens is 1. The molecule has 1 amide bonds. The summed E-state index contributed by atoms with van der Waals surface area (Å²) in [7, 11) is 1.75. The van der Waals surface area contributed by atoms with Gasteiger partial charge in [0.1, 0.15) is 0 Å². The van der Waals surface area contributed by atoms with Crippen molar-refractivity contribution >= 4 is 27.5 Å². The third kappa shape index (κ3) is 2.38. The average molecular weight is 313 g/mol. The Morgan fingerprint density at radius 2 is 2.17 bits per heavy atom. The van der Waals surface area contributed by atoms with Crippen molar-refractivity contribution in [1.29, 1.82) is 0 Å². The third-order valence-corrected chi connectivity index (χ3v) is 4.03. The lowest BCUT2D eigenvalue weighted by Gasteiger charge is -2.34. The zero-order valence-electron chi connectivity index (χ0n) is 9.93. The lowest BCUT2D eigenvalue weighted by Crippen LogP contribution is -2.41. The molecule has 0 saturated heterocycles. The molecule has 0 aliphatic heterocycles. The highest BCUT2D eigenvalue weighted by Crippen LogP contribution is 2.28. The standard InChI is InChI=1S/C12H13BrN2O3/c1-14(8-3-2-4-8)12(16)10-7-9(15(17)18)5-6-11(10)13/h5-8H,2-4H2,1H3. The molecule has 0 aromatic heterocycles. The molecule has 0 radical (unpaired) electrons. The molecule has 0 heterocycles. The van der Waals surface area contributed by atoms with Crippen molar-refractivity contribution in [1.82, 2.24) is 4.90 Å². The normalized spacial score (nSPS) is 15.0. The van der Waals surface area contributed by atoms with Crippen molar-refractivity contribution in [3.8, 4) is 0 Å². The Kier molecular flexibility index (Phi) is 3.65. The second kappa shape index (κ2) is 5.06. The monoisotopic (exact) mass is 312 g/mol. The first kappa shape index (κ1) is 13.0. The van der Waals surface area contributed by atoms with Crippen LogP contribution in [0.15, 0.2) is 22.7 Å². The second-order valence-corrected chi connectivity index (χ2v) is 5.28. The number of rotatable bonds is 3. The molecule has 1 fully saturated rings. The zero-order chi connectivity index (χ0) is 13.3. The van der Waals surface area contributed by atoms with Gasteiger partial charge in [-0.2, -0.15) is 0 Å². The largest absolute Gasteiger partial charge is 0.339 e. The van der Waals surface area contributed by atoms with E-state index in [1.165, 1.54) is 12.1 Å². The van der Waals surface area contributed by atoms with Crippen LogP contribution in [0.1, 0.15) is 29.6 Å². The second-order valence-electron chi connectivity index (χ2n) is 4.42. The van der Waals surface area contributed by atoms with Crippen molar-refractivity contribution in [2.75, 3.05) is 7.05 Å². The maximum atomic E-state index is 12.2. The van der Waals surface area contributed by atoms with Gasteiger partial charge in [-0.3, -0.25) is 14.9 Å². The van der Waals surface area contributed by atoms with E-state index in [2.05, 4.69) is 15.9 Å². The van der Waals surface area contributed by atoms with Crippen LogP contribution in [0.4, 0.5) is 5.69 Å². The van der Waals surface area contributed by atoms with Gasteiger partial charge in [0.05, 0.1) is 10.5 Å². The molecule has 1 aliphatic carbocycles. The van der Waals surface area contributed by atoms with Crippen LogP contribution in [0.2, 0.25) is 0 Å². The molecule has 0 atom stereocenters. The van der Waals surface area contributed by atoms with Crippen LogP contribution in [0, 0.1) is 10.1 Å². The van der Waals surface area contributed by atoms with Crippen LogP contribution < -0.4 is 0 Å². The van der Waals surface area contributed by atoms with Gasteiger partial charge in [-0.05, 0) is 41.3 Å². The molecule has 5 nitrogen and oxygen atoms in total. The molecule has 1 aliphatic rings. The maximum Gasteiger partial charge on any atom is 0.270 e. The van der Waals surface area contributed by atoms with Gasteiger partial charge in [0.25, 0.3) is 11.6 Å². The summed E-state index contributed by atoms with van der Waals surface area (Å²) < 4.78 is 0.587. The highest BCUT2D eigenvalue weighted by Gasteiger charge is 2.28. The fraction of sp³-hybridized carbons (Fsp3) is 0.417. The van der Waals surface area contributed by atoms with E-state index in [1.54, 1.807) is 18.0 Å². The summed E-state index contributed by atoms with van der Waals surface area (Å²) in [5.74, 6) is -0.171. The first-order valence-corrected chi connectivity index (χ1v) is 6.51. The fourth-order valence-electron chi connectivity index (χ4n) is 1.92. The van der Waals surface area contributed by atoms with Gasteiger partial charge in [-0.1, -0.05) is 0 Å². The summed E-state index contributed by atoms with van der Waals surface area (Å²) in [5, 5.41) is 10.7. The van der Waals surface area contributed by atoms with Gasteiger partial charge in [-0.25, -0.2) is 0 Å². The maximum absolute atomic E-state index is 12.2. The summed E-state index contributed by atoms with van der Waals surface area (Å²) >= 11 is 3.27. The molecule has 1 saturated carbocycles. The third-order valence-electron chi connectivity index (χ3n) is 3.33. The molecule has 1 aromatic rings. The Balaban J connectivity index is 2.28. The van der Waals surface area contributed by atoms with Crippen LogP contribution in [0.5, 0.6) is 0 Å². The van der Waals surface area contributed by atoms with Gasteiger partial charge in [0.2, 0.25) is 0 Å². The predicted octanol–water partition coefficient (Wildman–Crippen LogP) is 2.98. The number of carbonyl (C=O) groups excluding carboxylic acids is 1. The van der Waals surface area contributed by atoms with E-state index in [4.69, 9.17) is 0 Å². The van der Waals surface area contributed by atoms with Crippen LogP contribution >= 0.6 is 15.9 Å². The molecule has 2 rings (SSSR count). The Morgan fingerprint density at radius 1 is 1.50 bits per heavy atom. The summed E-state index contributed by atoms with van der Waals surface area (Å²) in [6.45, 7) is 0. The number of hydrogen-bond donors (Lipinski definition) is 0. The number of benzene rings is 1. The van der Waals surface area contributed by atoms with E-state index < -0.39 is 4.92 Å². The van der Waals surface area contributed by atoms with Crippen LogP contribution in [-0.2, 0) is 0 Å². The number of non-ortho nitro benzene ring substituents is 1. The molecular weight excluding hydrogens is 300 g/mol. The molecule has 1 aromatic carbocycles. The SMILES string of the molecule is CN(C(=O)c1cc([N+](=O)[O-])ccc1Br)C1CCC1. The number of carbonyl (C=O) groups is 1. The Morgan fingerprint density at radius 3 is 2.67 bits per heavy atom. The first-order chi connectivity index (χ1) is 8.50. The smallest absolute Gasteiger partial charge is 0.270 e. The Labute approximate surface area is 113 Å². The quantitative estimate of drug-likeness (QED) is 0.636. The number of nitrogens with zero attached hydrogens (tertiary/aromatic N) is 2. The summed E-state index contributed by atoms with van der Waals surface area (Å²) in [6.07, 6.45) is 3.15. The van der Waals surface area contributed by atoms with Crippen molar-refractivity contribution in [2.24, 2.45) is 0 Å². The first-order valence-electron chi connectivity index (χ1n) is 5.72. The molecule has 18 heavy (non-hydrogen) atoms. The Hall–Kier alpha value is -1.43. The predicted molar refractivity (Wildman–Crippen MR) is 70.5 cm³/mol. The van der Waals surface area contributed by atoms with Crippen molar-refractivity contribution in [2.45, 2.75) is 25.3 Å². The zero-order valence-corrected chi connectivity index (χ0v) is 11.5. The number of nitro groups is 1. The van der Waals surface area contributed by atoms with E-state index in [0.29, 0.717) is 10.0 Å². The van der Waals surface area contributed by atoms with E-state index in [-0.39, 0.29) is 17.6 Å². The van der Waals surface area contributed by atoms with Crippen LogP contribution in [0.3, 0.4) is 0 Å². The molecule has 96 valence electrons. The number of nitro benzene ring substituents is 1. The van der Waals surface area contributed by atoms with E-state index in [9.17, 15) is 14.9 Å². The van der Waals surface area contributed by atoms with E-state index in [0.717, 1.165) is 19.3 Å². The van der Waals surface area contributed by atoms with Gasteiger partial charge in [0.15, 0.2) is 0 Å². The van der Waals surface area contributed by atoms with Gasteiger partial charge in [0, 0.05) is 29.7 Å². The van der Waals surface area contributed by atoms with Crippen molar-refractivity contribution in [3.05, 3.63) is 38.3 Å². The minimum absolute atomic E-state index is 0.0661. The minimum Gasteiger partial charge on any atom is -0.339 e. The lowest BCUT2D eigenvalue weighted by molar-refractivity contribution is -0.384. The molecule has 0 spiro atoms.